The van der Waals surface area contributed by atoms with E-state index in [0.29, 0.717) is 0 Å². The van der Waals surface area contributed by atoms with Crippen LogP contribution in [0.25, 0.3) is 21.9 Å². The first kappa shape index (κ1) is 26.6. The van der Waals surface area contributed by atoms with Crippen LogP contribution in [0.1, 0.15) is 11.7 Å². The third-order valence-electron chi connectivity index (χ3n) is 6.96. The van der Waals surface area contributed by atoms with E-state index in [1.807, 2.05) is 0 Å². The van der Waals surface area contributed by atoms with Gasteiger partial charge < -0.3 is 64.6 Å². The highest BCUT2D eigenvalue weighted by Gasteiger charge is 2.53. The number of aliphatic hydroxyl groups is 6. The van der Waals surface area contributed by atoms with Crippen molar-refractivity contribution in [1.29, 1.82) is 0 Å². The van der Waals surface area contributed by atoms with Crippen LogP contribution in [0.15, 0.2) is 33.5 Å². The van der Waals surface area contributed by atoms with Crippen LogP contribution in [0, 0.1) is 0 Å². The van der Waals surface area contributed by atoms with Crippen molar-refractivity contribution in [2.75, 3.05) is 19.8 Å². The number of fused-ring (bicyclic) bond motifs is 2. The van der Waals surface area contributed by atoms with Crippen LogP contribution in [0.2, 0.25) is 0 Å². The molecule has 2 saturated heterocycles. The summed E-state index contributed by atoms with van der Waals surface area (Å²) in [7, 11) is 0. The number of phenols is 3. The van der Waals surface area contributed by atoms with Crippen molar-refractivity contribution in [3.63, 3.8) is 0 Å². The zero-order chi connectivity index (χ0) is 27.5. The van der Waals surface area contributed by atoms with Crippen molar-refractivity contribution in [3.8, 4) is 17.2 Å². The van der Waals surface area contributed by atoms with Crippen molar-refractivity contribution < 1.29 is 64.6 Å². The van der Waals surface area contributed by atoms with Gasteiger partial charge in [-0.2, -0.15) is 0 Å². The zero-order valence-corrected chi connectivity index (χ0v) is 19.5. The lowest BCUT2D eigenvalue weighted by molar-refractivity contribution is -0.287. The van der Waals surface area contributed by atoms with E-state index in [1.165, 1.54) is 12.1 Å². The summed E-state index contributed by atoms with van der Waals surface area (Å²) in [6, 6.07) is 4.74. The summed E-state index contributed by atoms with van der Waals surface area (Å²) in [5.41, 5.74) is -3.51. The van der Waals surface area contributed by atoms with Gasteiger partial charge in [0.1, 0.15) is 76.0 Å². The Balaban J connectivity index is 1.64. The van der Waals surface area contributed by atoms with E-state index in [4.69, 9.17) is 18.6 Å². The van der Waals surface area contributed by atoms with Gasteiger partial charge in [0, 0.05) is 6.07 Å². The number of benzene rings is 2. The standard InChI is InChI=1S/C24H26O14/c25-5-13-17(30)19(32)21(38-23-22(33)24(34,6-26)7-35-23)20(37-13)14-10(28)4-12-15(18(14)31)16(29)9-3-8(27)1-2-11(9)36-12/h1-4,13,17,19-23,25-28,30-34H,5-7H2/t13-,17-,19+,20+,21-,22+,23+,24?/m1/s1. The van der Waals surface area contributed by atoms with E-state index in [-0.39, 0.29) is 22.3 Å². The molecule has 2 aliphatic rings. The fourth-order valence-corrected chi connectivity index (χ4v) is 4.80. The Labute approximate surface area is 212 Å². The van der Waals surface area contributed by atoms with Gasteiger partial charge in [0.25, 0.3) is 0 Å². The first-order chi connectivity index (χ1) is 18.0. The molecular weight excluding hydrogens is 512 g/mol. The molecule has 0 amide bonds. The molecule has 14 nitrogen and oxygen atoms in total. The Morgan fingerprint density at radius 2 is 1.76 bits per heavy atom. The first-order valence-corrected chi connectivity index (χ1v) is 11.6. The number of hydrogen-bond acceptors (Lipinski definition) is 14. The number of ether oxygens (including phenoxy) is 3. The molecule has 3 heterocycles. The largest absolute Gasteiger partial charge is 0.508 e. The van der Waals surface area contributed by atoms with E-state index in [1.54, 1.807) is 0 Å². The number of aromatic hydroxyl groups is 3. The molecule has 1 aromatic heterocycles. The average Bonchev–Trinajstić information content (AvgIpc) is 3.17. The molecule has 9 N–H and O–H groups in total. The normalized spacial score (nSPS) is 33.8. The van der Waals surface area contributed by atoms with Gasteiger partial charge in [0.15, 0.2) is 6.29 Å². The van der Waals surface area contributed by atoms with Crippen LogP contribution in [0.4, 0.5) is 0 Å². The van der Waals surface area contributed by atoms with E-state index in [2.05, 4.69) is 0 Å². The maximum absolute atomic E-state index is 13.2. The Bertz CT molecular complexity index is 1420. The highest BCUT2D eigenvalue weighted by molar-refractivity contribution is 5.95. The van der Waals surface area contributed by atoms with E-state index in [9.17, 15) is 50.8 Å². The Kier molecular flexibility index (Phi) is 6.71. The van der Waals surface area contributed by atoms with E-state index < -0.39 is 96.2 Å². The Morgan fingerprint density at radius 3 is 2.42 bits per heavy atom. The van der Waals surface area contributed by atoms with E-state index in [0.717, 1.165) is 12.1 Å². The van der Waals surface area contributed by atoms with E-state index >= 15 is 0 Å². The second-order valence-electron chi connectivity index (χ2n) is 9.39. The number of hydrogen-bond donors (Lipinski definition) is 9. The van der Waals surface area contributed by atoms with Gasteiger partial charge in [-0.05, 0) is 18.2 Å². The van der Waals surface area contributed by atoms with Gasteiger partial charge in [-0.1, -0.05) is 0 Å². The molecule has 206 valence electrons. The molecule has 0 bridgehead atoms. The van der Waals surface area contributed by atoms with Crippen molar-refractivity contribution in [1.82, 2.24) is 0 Å². The zero-order valence-electron chi connectivity index (χ0n) is 19.5. The molecule has 5 rings (SSSR count). The van der Waals surface area contributed by atoms with Gasteiger partial charge >= 0.3 is 0 Å². The van der Waals surface area contributed by atoms with Crippen molar-refractivity contribution in [3.05, 3.63) is 40.1 Å². The second kappa shape index (κ2) is 9.60. The molecule has 38 heavy (non-hydrogen) atoms. The van der Waals surface area contributed by atoms with Crippen LogP contribution in [-0.4, -0.2) is 108 Å². The van der Waals surface area contributed by atoms with Gasteiger partial charge in [-0.25, -0.2) is 0 Å². The fourth-order valence-electron chi connectivity index (χ4n) is 4.80. The lowest BCUT2D eigenvalue weighted by Crippen LogP contribution is -2.58. The molecule has 0 saturated carbocycles. The summed E-state index contributed by atoms with van der Waals surface area (Å²) in [5, 5.41) is 92.3. The minimum atomic E-state index is -2.09. The fraction of sp³-hybridized carbons (Fsp3) is 0.458. The van der Waals surface area contributed by atoms with Crippen LogP contribution >= 0.6 is 0 Å². The summed E-state index contributed by atoms with van der Waals surface area (Å²) in [6.45, 7) is -2.23. The van der Waals surface area contributed by atoms with Crippen molar-refractivity contribution >= 4 is 21.9 Å². The molecule has 14 heteroatoms. The molecule has 0 aliphatic carbocycles. The summed E-state index contributed by atoms with van der Waals surface area (Å²) < 4.78 is 22.1. The predicted octanol–water partition coefficient (Wildman–Crippen LogP) is -1.96. The van der Waals surface area contributed by atoms with Gasteiger partial charge in [0.2, 0.25) is 5.43 Å². The Hall–Kier alpha value is -3.05. The lowest BCUT2D eigenvalue weighted by Gasteiger charge is -2.43. The van der Waals surface area contributed by atoms with Gasteiger partial charge in [-0.15, -0.1) is 0 Å². The molecule has 2 aromatic carbocycles. The smallest absolute Gasteiger partial charge is 0.204 e. The first-order valence-electron chi connectivity index (χ1n) is 11.6. The molecule has 2 aliphatic heterocycles. The molecule has 0 spiro atoms. The maximum atomic E-state index is 13.2. The van der Waals surface area contributed by atoms with Gasteiger partial charge in [-0.3, -0.25) is 4.79 Å². The lowest BCUT2D eigenvalue weighted by atomic mass is 9.89. The second-order valence-corrected chi connectivity index (χ2v) is 9.39. The highest BCUT2D eigenvalue weighted by Crippen LogP contribution is 2.46. The quantitative estimate of drug-likeness (QED) is 0.160. The van der Waals surface area contributed by atoms with Crippen LogP contribution in [-0.2, 0) is 14.2 Å². The minimum absolute atomic E-state index is 0.0598. The summed E-state index contributed by atoms with van der Waals surface area (Å²) in [4.78, 5) is 13.2. The molecule has 1 unspecified atom stereocenters. The monoisotopic (exact) mass is 538 g/mol. The molecule has 0 radical (unpaired) electrons. The van der Waals surface area contributed by atoms with Crippen molar-refractivity contribution in [2.24, 2.45) is 0 Å². The summed E-state index contributed by atoms with van der Waals surface area (Å²) in [6.07, 6.45) is -11.9. The number of rotatable bonds is 5. The number of phenolic OH excluding ortho intramolecular Hbond substituents is 3. The topological polar surface area (TPSA) is 240 Å². The SMILES string of the molecule is O=c1c2cc(O)ccc2oc2cc(O)c([C@@H]3O[C@H](CO)[C@@H](O)[C@H](O)[C@H]3O[C@@H]3OCC(O)(CO)[C@H]3O)c(O)c12. The predicted molar refractivity (Wildman–Crippen MR) is 124 cm³/mol. The van der Waals surface area contributed by atoms with Crippen LogP contribution in [0.3, 0.4) is 0 Å². The molecule has 3 aromatic rings. The minimum Gasteiger partial charge on any atom is -0.508 e. The Morgan fingerprint density at radius 1 is 1.03 bits per heavy atom. The highest BCUT2D eigenvalue weighted by atomic mass is 16.7. The molecule has 8 atom stereocenters. The van der Waals surface area contributed by atoms with Crippen molar-refractivity contribution in [2.45, 2.75) is 48.5 Å². The average molecular weight is 538 g/mol. The van der Waals surface area contributed by atoms with Crippen LogP contribution in [0.5, 0.6) is 17.2 Å². The third-order valence-corrected chi connectivity index (χ3v) is 6.96. The maximum Gasteiger partial charge on any atom is 0.204 e. The summed E-state index contributed by atoms with van der Waals surface area (Å²) in [5.74, 6) is -1.75. The molecule has 2 fully saturated rings. The molecular formula is C24H26O14. The summed E-state index contributed by atoms with van der Waals surface area (Å²) >= 11 is 0. The third kappa shape index (κ3) is 4.07. The van der Waals surface area contributed by atoms with Gasteiger partial charge in [0.05, 0.1) is 30.8 Å². The van der Waals surface area contributed by atoms with Crippen LogP contribution < -0.4 is 5.43 Å². The number of aliphatic hydroxyl groups excluding tert-OH is 5.